The molecule has 5 nitrogen and oxygen atoms in total. The van der Waals surface area contributed by atoms with Gasteiger partial charge in [-0.3, -0.25) is 4.79 Å². The Hall–Kier alpha value is -2.60. The van der Waals surface area contributed by atoms with E-state index in [-0.39, 0.29) is 18.1 Å². The fraction of sp³-hybridized carbons (Fsp3) is 0.381. The number of carbonyl (C=O) groups excluding carboxylic acids is 1. The van der Waals surface area contributed by atoms with Crippen molar-refractivity contribution in [2.75, 3.05) is 50.6 Å². The Balaban J connectivity index is 1.72. The number of amides is 1. The first-order valence-electron chi connectivity index (χ1n) is 9.12. The van der Waals surface area contributed by atoms with Crippen molar-refractivity contribution in [2.24, 2.45) is 0 Å². The fourth-order valence-electron chi connectivity index (χ4n) is 3.35. The van der Waals surface area contributed by atoms with E-state index in [1.165, 1.54) is 25.3 Å². The molecule has 6 heteroatoms. The number of aryl methyl sites for hydroxylation is 1. The molecule has 3 rings (SSSR count). The number of anilines is 2. The maximum absolute atomic E-state index is 13.5. The van der Waals surface area contributed by atoms with E-state index in [1.54, 1.807) is 0 Å². The van der Waals surface area contributed by atoms with E-state index in [2.05, 4.69) is 28.2 Å². The van der Waals surface area contributed by atoms with Gasteiger partial charge in [-0.2, -0.15) is 0 Å². The summed E-state index contributed by atoms with van der Waals surface area (Å²) < 4.78 is 18.7. The normalized spacial score (nSPS) is 14.9. The van der Waals surface area contributed by atoms with E-state index in [0.717, 1.165) is 43.1 Å². The first-order valence-corrected chi connectivity index (χ1v) is 9.12. The van der Waals surface area contributed by atoms with Crippen LogP contribution in [0.3, 0.4) is 0 Å². The average molecular weight is 371 g/mol. The second kappa shape index (κ2) is 8.39. The lowest BCUT2D eigenvalue weighted by Crippen LogP contribution is -2.44. The molecule has 0 aliphatic carbocycles. The van der Waals surface area contributed by atoms with Gasteiger partial charge in [0.25, 0.3) is 0 Å². The van der Waals surface area contributed by atoms with Gasteiger partial charge in [0.2, 0.25) is 5.91 Å². The van der Waals surface area contributed by atoms with Crippen molar-refractivity contribution in [3.8, 4) is 5.75 Å². The van der Waals surface area contributed by atoms with Crippen molar-refractivity contribution in [1.29, 1.82) is 0 Å². The third kappa shape index (κ3) is 4.98. The second-order valence-electron chi connectivity index (χ2n) is 7.03. The van der Waals surface area contributed by atoms with Gasteiger partial charge in [0.05, 0.1) is 13.5 Å². The van der Waals surface area contributed by atoms with Crippen LogP contribution in [0, 0.1) is 12.7 Å². The smallest absolute Gasteiger partial charge is 0.228 e. The molecule has 0 radical (unpaired) electrons. The summed E-state index contributed by atoms with van der Waals surface area (Å²) in [5, 5.41) is 2.94. The van der Waals surface area contributed by atoms with Gasteiger partial charge in [0.15, 0.2) is 0 Å². The van der Waals surface area contributed by atoms with Gasteiger partial charge >= 0.3 is 0 Å². The van der Waals surface area contributed by atoms with Crippen LogP contribution in [0.2, 0.25) is 0 Å². The molecule has 27 heavy (non-hydrogen) atoms. The highest BCUT2D eigenvalue weighted by atomic mass is 19.1. The zero-order valence-electron chi connectivity index (χ0n) is 16.1. The summed E-state index contributed by atoms with van der Waals surface area (Å²) in [4.78, 5) is 17.1. The zero-order valence-corrected chi connectivity index (χ0v) is 16.1. The summed E-state index contributed by atoms with van der Waals surface area (Å²) in [5.41, 5.74) is 3.48. The molecule has 1 aliphatic rings. The van der Waals surface area contributed by atoms with Crippen LogP contribution in [0.25, 0.3) is 0 Å². The summed E-state index contributed by atoms with van der Waals surface area (Å²) in [6.45, 7) is 6.00. The molecule has 0 atom stereocenters. The number of halogens is 1. The van der Waals surface area contributed by atoms with Gasteiger partial charge in [-0.15, -0.1) is 0 Å². The van der Waals surface area contributed by atoms with Gasteiger partial charge in [-0.05, 0) is 55.9 Å². The number of nitrogens with zero attached hydrogens (tertiary/aromatic N) is 2. The Morgan fingerprint density at radius 2 is 1.89 bits per heavy atom. The molecule has 1 N–H and O–H groups in total. The first kappa shape index (κ1) is 19.2. The van der Waals surface area contributed by atoms with Crippen LogP contribution in [-0.2, 0) is 11.2 Å². The van der Waals surface area contributed by atoms with E-state index in [0.29, 0.717) is 11.3 Å². The lowest BCUT2D eigenvalue weighted by molar-refractivity contribution is -0.115. The predicted octanol–water partition coefficient (Wildman–Crippen LogP) is 3.08. The standard InChI is InChI=1S/C21H26FN3O2/c1-15-10-18(14-19(11-15)25-8-6-24(2)7-9-25)23-21(26)13-16-12-17(22)4-5-20(16)27-3/h4-5,10-12,14H,6-9,13H2,1-3H3,(H,23,26). The topological polar surface area (TPSA) is 44.8 Å². The number of benzene rings is 2. The maximum atomic E-state index is 13.5. The van der Waals surface area contributed by atoms with E-state index in [1.807, 2.05) is 19.1 Å². The molecule has 1 fully saturated rings. The molecule has 0 spiro atoms. The Morgan fingerprint density at radius 3 is 2.59 bits per heavy atom. The molecule has 0 bridgehead atoms. The van der Waals surface area contributed by atoms with Crippen molar-refractivity contribution in [1.82, 2.24) is 4.90 Å². The van der Waals surface area contributed by atoms with Gasteiger partial charge < -0.3 is 19.9 Å². The minimum atomic E-state index is -0.383. The van der Waals surface area contributed by atoms with Crippen molar-refractivity contribution in [3.63, 3.8) is 0 Å². The number of methoxy groups -OCH3 is 1. The predicted molar refractivity (Wildman–Crippen MR) is 106 cm³/mol. The molecular formula is C21H26FN3O2. The largest absolute Gasteiger partial charge is 0.496 e. The maximum Gasteiger partial charge on any atom is 0.228 e. The summed E-state index contributed by atoms with van der Waals surface area (Å²) in [6, 6.07) is 10.3. The first-order chi connectivity index (χ1) is 12.9. The van der Waals surface area contributed by atoms with Crippen LogP contribution < -0.4 is 15.0 Å². The fourth-order valence-corrected chi connectivity index (χ4v) is 3.35. The molecule has 2 aromatic rings. The summed E-state index contributed by atoms with van der Waals surface area (Å²) >= 11 is 0. The lowest BCUT2D eigenvalue weighted by atomic mass is 10.1. The SMILES string of the molecule is COc1ccc(F)cc1CC(=O)Nc1cc(C)cc(N2CCN(C)CC2)c1. The Bertz CT molecular complexity index is 817. The van der Waals surface area contributed by atoms with Gasteiger partial charge in [0.1, 0.15) is 11.6 Å². The Labute approximate surface area is 159 Å². The Morgan fingerprint density at radius 1 is 1.15 bits per heavy atom. The number of hydrogen-bond acceptors (Lipinski definition) is 4. The molecule has 2 aromatic carbocycles. The molecule has 0 aromatic heterocycles. The third-order valence-corrected chi connectivity index (χ3v) is 4.81. The number of nitrogens with one attached hydrogen (secondary N) is 1. The average Bonchev–Trinajstić information content (AvgIpc) is 2.62. The van der Waals surface area contributed by atoms with Crippen molar-refractivity contribution in [2.45, 2.75) is 13.3 Å². The molecule has 1 aliphatic heterocycles. The Kier molecular flexibility index (Phi) is 5.96. The lowest BCUT2D eigenvalue weighted by Gasteiger charge is -2.34. The number of ether oxygens (including phenoxy) is 1. The van der Waals surface area contributed by atoms with Crippen LogP contribution in [0.15, 0.2) is 36.4 Å². The molecule has 1 heterocycles. The molecule has 144 valence electrons. The number of rotatable bonds is 5. The number of likely N-dealkylation sites (N-methyl/N-ethyl adjacent to an activating group) is 1. The van der Waals surface area contributed by atoms with E-state index in [4.69, 9.17) is 4.74 Å². The van der Waals surface area contributed by atoms with Crippen LogP contribution in [-0.4, -0.2) is 51.1 Å². The van der Waals surface area contributed by atoms with E-state index >= 15 is 0 Å². The summed E-state index contributed by atoms with van der Waals surface area (Å²) in [7, 11) is 3.64. The highest BCUT2D eigenvalue weighted by molar-refractivity contribution is 5.93. The van der Waals surface area contributed by atoms with Crippen LogP contribution >= 0.6 is 0 Å². The second-order valence-corrected chi connectivity index (χ2v) is 7.03. The molecule has 0 unspecified atom stereocenters. The van der Waals surface area contributed by atoms with Crippen LogP contribution in [0.1, 0.15) is 11.1 Å². The molecule has 1 saturated heterocycles. The molecular weight excluding hydrogens is 345 g/mol. The van der Waals surface area contributed by atoms with E-state index < -0.39 is 0 Å². The van der Waals surface area contributed by atoms with Gasteiger partial charge in [-0.25, -0.2) is 4.39 Å². The summed E-state index contributed by atoms with van der Waals surface area (Å²) in [5.74, 6) is -0.0748. The van der Waals surface area contributed by atoms with Crippen LogP contribution in [0.5, 0.6) is 5.75 Å². The number of carbonyl (C=O) groups is 1. The highest BCUT2D eigenvalue weighted by Gasteiger charge is 2.16. The minimum absolute atomic E-state index is 0.0543. The quantitative estimate of drug-likeness (QED) is 0.877. The van der Waals surface area contributed by atoms with Crippen molar-refractivity contribution < 1.29 is 13.9 Å². The zero-order chi connectivity index (χ0) is 19.4. The van der Waals surface area contributed by atoms with Crippen molar-refractivity contribution in [3.05, 3.63) is 53.3 Å². The minimum Gasteiger partial charge on any atom is -0.496 e. The molecule has 1 amide bonds. The van der Waals surface area contributed by atoms with E-state index in [9.17, 15) is 9.18 Å². The third-order valence-electron chi connectivity index (χ3n) is 4.81. The van der Waals surface area contributed by atoms with Crippen LogP contribution in [0.4, 0.5) is 15.8 Å². The number of hydrogen-bond donors (Lipinski definition) is 1. The summed E-state index contributed by atoms with van der Waals surface area (Å²) in [6.07, 6.45) is 0.0543. The number of piperazine rings is 1. The van der Waals surface area contributed by atoms with Gasteiger partial charge in [-0.1, -0.05) is 0 Å². The van der Waals surface area contributed by atoms with Crippen molar-refractivity contribution >= 4 is 17.3 Å². The molecule has 0 saturated carbocycles. The monoisotopic (exact) mass is 371 g/mol. The highest BCUT2D eigenvalue weighted by Crippen LogP contribution is 2.24. The van der Waals surface area contributed by atoms with Gasteiger partial charge in [0, 0.05) is 43.1 Å².